The van der Waals surface area contributed by atoms with Crippen LogP contribution in [-0.4, -0.2) is 43.0 Å². The van der Waals surface area contributed by atoms with Crippen LogP contribution in [-0.2, 0) is 16.0 Å². The minimum Gasteiger partial charge on any atom is -0.484 e. The van der Waals surface area contributed by atoms with Crippen LogP contribution >= 0.6 is 22.6 Å². The predicted molar refractivity (Wildman–Crippen MR) is 110 cm³/mol. The maximum Gasteiger partial charge on any atom is 0.261 e. The summed E-state index contributed by atoms with van der Waals surface area (Å²) in [7, 11) is 1.57. The molecule has 0 aromatic heterocycles. The Kier molecular flexibility index (Phi) is 7.90. The zero-order chi connectivity index (χ0) is 18.9. The molecule has 6 heteroatoms. The Bertz CT molecular complexity index is 720. The van der Waals surface area contributed by atoms with E-state index in [9.17, 15) is 9.59 Å². The molecule has 2 aromatic carbocycles. The number of hydrogen-bond acceptors (Lipinski definition) is 3. The van der Waals surface area contributed by atoms with E-state index in [4.69, 9.17) is 4.74 Å². The molecule has 0 saturated heterocycles. The predicted octanol–water partition coefficient (Wildman–Crippen LogP) is 2.88. The number of benzene rings is 2. The maximum atomic E-state index is 12.7. The lowest BCUT2D eigenvalue weighted by molar-refractivity contribution is -0.141. The Hall–Kier alpha value is -2.09. The number of likely N-dealkylation sites (N-methyl/N-ethyl adjacent to an activating group) is 1. The van der Waals surface area contributed by atoms with Gasteiger partial charge in [0.25, 0.3) is 5.91 Å². The number of amides is 2. The zero-order valence-corrected chi connectivity index (χ0v) is 17.1. The largest absolute Gasteiger partial charge is 0.484 e. The van der Waals surface area contributed by atoms with Gasteiger partial charge in [-0.05, 0) is 65.8 Å². The van der Waals surface area contributed by atoms with Crippen LogP contribution in [0.2, 0.25) is 0 Å². The van der Waals surface area contributed by atoms with Crippen LogP contribution in [0, 0.1) is 3.57 Å². The Morgan fingerprint density at radius 2 is 1.77 bits per heavy atom. The van der Waals surface area contributed by atoms with Crippen molar-refractivity contribution in [3.05, 3.63) is 63.7 Å². The highest BCUT2D eigenvalue weighted by Crippen LogP contribution is 2.14. The van der Waals surface area contributed by atoms with Gasteiger partial charge in [-0.15, -0.1) is 0 Å². The van der Waals surface area contributed by atoms with Crippen LogP contribution < -0.4 is 10.1 Å². The summed E-state index contributed by atoms with van der Waals surface area (Å²) in [6.45, 7) is 2.08. The van der Waals surface area contributed by atoms with Crippen LogP contribution in [0.1, 0.15) is 12.5 Å². The second-order valence-electron chi connectivity index (χ2n) is 5.86. The fraction of sp³-hybridized carbons (Fsp3) is 0.300. The topological polar surface area (TPSA) is 58.6 Å². The normalized spacial score (nSPS) is 11.5. The van der Waals surface area contributed by atoms with Gasteiger partial charge >= 0.3 is 0 Å². The first-order chi connectivity index (χ1) is 12.5. The SMILES string of the molecule is CNC(=O)[C@H](C)N(CCc1ccccc1)C(=O)COc1ccc(I)cc1. The molecule has 1 N–H and O–H groups in total. The molecule has 0 unspecified atom stereocenters. The molecule has 0 aliphatic rings. The van der Waals surface area contributed by atoms with Gasteiger partial charge in [-0.3, -0.25) is 9.59 Å². The molecule has 0 saturated carbocycles. The molecule has 2 aromatic rings. The van der Waals surface area contributed by atoms with E-state index < -0.39 is 6.04 Å². The second kappa shape index (κ2) is 10.2. The molecule has 1 atom stereocenters. The van der Waals surface area contributed by atoms with Gasteiger partial charge in [-0.1, -0.05) is 30.3 Å². The van der Waals surface area contributed by atoms with Gasteiger partial charge < -0.3 is 15.0 Å². The number of nitrogens with zero attached hydrogens (tertiary/aromatic N) is 1. The highest BCUT2D eigenvalue weighted by Gasteiger charge is 2.25. The van der Waals surface area contributed by atoms with Crippen molar-refractivity contribution in [1.82, 2.24) is 10.2 Å². The highest BCUT2D eigenvalue weighted by atomic mass is 127. The minimum atomic E-state index is -0.559. The number of halogens is 1. The molecule has 0 fully saturated rings. The summed E-state index contributed by atoms with van der Waals surface area (Å²) >= 11 is 2.21. The summed E-state index contributed by atoms with van der Waals surface area (Å²) in [6.07, 6.45) is 0.678. The van der Waals surface area contributed by atoms with Crippen LogP contribution in [0.5, 0.6) is 5.75 Å². The molecule has 0 spiro atoms. The van der Waals surface area contributed by atoms with Crippen molar-refractivity contribution in [1.29, 1.82) is 0 Å². The van der Waals surface area contributed by atoms with Crippen molar-refractivity contribution >= 4 is 34.4 Å². The summed E-state index contributed by atoms with van der Waals surface area (Å²) in [6, 6.07) is 16.8. The van der Waals surface area contributed by atoms with Crippen molar-refractivity contribution in [2.45, 2.75) is 19.4 Å². The third kappa shape index (κ3) is 6.01. The van der Waals surface area contributed by atoms with E-state index in [0.29, 0.717) is 18.7 Å². The van der Waals surface area contributed by atoms with Crippen LogP contribution in [0.15, 0.2) is 54.6 Å². The lowest BCUT2D eigenvalue weighted by Crippen LogP contribution is -2.49. The van der Waals surface area contributed by atoms with Gasteiger partial charge in [0.2, 0.25) is 5.91 Å². The summed E-state index contributed by atoms with van der Waals surface area (Å²) in [5.41, 5.74) is 1.12. The fourth-order valence-corrected chi connectivity index (χ4v) is 2.90. The molecule has 0 bridgehead atoms. The Morgan fingerprint density at radius 1 is 1.12 bits per heavy atom. The number of ether oxygens (including phenoxy) is 1. The number of hydrogen-bond donors (Lipinski definition) is 1. The number of nitrogens with one attached hydrogen (secondary N) is 1. The van der Waals surface area contributed by atoms with Gasteiger partial charge in [0.1, 0.15) is 11.8 Å². The van der Waals surface area contributed by atoms with Crippen molar-refractivity contribution < 1.29 is 14.3 Å². The monoisotopic (exact) mass is 466 g/mol. The quantitative estimate of drug-likeness (QED) is 0.609. The van der Waals surface area contributed by atoms with E-state index in [1.54, 1.807) is 18.9 Å². The lowest BCUT2D eigenvalue weighted by atomic mass is 10.1. The van der Waals surface area contributed by atoms with Crippen LogP contribution in [0.25, 0.3) is 0 Å². The van der Waals surface area contributed by atoms with Gasteiger partial charge in [0.05, 0.1) is 0 Å². The standard InChI is InChI=1S/C20H23IN2O3/c1-15(20(25)22-2)23(13-12-16-6-4-3-5-7-16)19(24)14-26-18-10-8-17(21)9-11-18/h3-11,15H,12-14H2,1-2H3,(H,22,25)/t15-/m0/s1. The number of rotatable bonds is 8. The molecule has 5 nitrogen and oxygen atoms in total. The average molecular weight is 466 g/mol. The molecule has 138 valence electrons. The molecule has 2 amide bonds. The Morgan fingerprint density at radius 3 is 2.38 bits per heavy atom. The van der Waals surface area contributed by atoms with E-state index in [1.165, 1.54) is 0 Å². The average Bonchev–Trinajstić information content (AvgIpc) is 2.67. The summed E-state index contributed by atoms with van der Waals surface area (Å²) in [5.74, 6) is 0.227. The van der Waals surface area contributed by atoms with Crippen molar-refractivity contribution in [2.75, 3.05) is 20.2 Å². The first-order valence-electron chi connectivity index (χ1n) is 8.44. The Balaban J connectivity index is 2.02. The maximum absolute atomic E-state index is 12.7. The highest BCUT2D eigenvalue weighted by molar-refractivity contribution is 14.1. The second-order valence-corrected chi connectivity index (χ2v) is 7.10. The third-order valence-electron chi connectivity index (χ3n) is 4.07. The van der Waals surface area contributed by atoms with E-state index >= 15 is 0 Å². The zero-order valence-electron chi connectivity index (χ0n) is 14.9. The molecular weight excluding hydrogens is 443 g/mol. The van der Waals surface area contributed by atoms with Gasteiger partial charge in [0.15, 0.2) is 6.61 Å². The number of carbonyl (C=O) groups excluding carboxylic acids is 2. The minimum absolute atomic E-state index is 0.100. The summed E-state index contributed by atoms with van der Waals surface area (Å²) in [4.78, 5) is 26.3. The Labute approximate surface area is 167 Å². The van der Waals surface area contributed by atoms with Crippen molar-refractivity contribution in [3.8, 4) is 5.75 Å². The molecular formula is C20H23IN2O3. The molecule has 0 heterocycles. The smallest absolute Gasteiger partial charge is 0.261 e. The fourth-order valence-electron chi connectivity index (χ4n) is 2.54. The molecule has 2 rings (SSSR count). The third-order valence-corrected chi connectivity index (χ3v) is 4.79. The van der Waals surface area contributed by atoms with E-state index in [1.807, 2.05) is 54.6 Å². The van der Waals surface area contributed by atoms with Crippen molar-refractivity contribution in [3.63, 3.8) is 0 Å². The van der Waals surface area contributed by atoms with Gasteiger partial charge in [-0.25, -0.2) is 0 Å². The van der Waals surface area contributed by atoms with Gasteiger partial charge in [-0.2, -0.15) is 0 Å². The molecule has 26 heavy (non-hydrogen) atoms. The van der Waals surface area contributed by atoms with E-state index in [2.05, 4.69) is 27.9 Å². The summed E-state index contributed by atoms with van der Waals surface area (Å²) in [5, 5.41) is 2.60. The van der Waals surface area contributed by atoms with Crippen LogP contribution in [0.4, 0.5) is 0 Å². The first-order valence-corrected chi connectivity index (χ1v) is 9.52. The lowest BCUT2D eigenvalue weighted by Gasteiger charge is -2.28. The molecule has 0 aliphatic carbocycles. The summed E-state index contributed by atoms with van der Waals surface area (Å²) < 4.78 is 6.69. The molecule has 0 radical (unpaired) electrons. The van der Waals surface area contributed by atoms with Gasteiger partial charge in [0, 0.05) is 17.2 Å². The number of carbonyl (C=O) groups is 2. The van der Waals surface area contributed by atoms with E-state index in [-0.39, 0.29) is 18.4 Å². The van der Waals surface area contributed by atoms with E-state index in [0.717, 1.165) is 9.13 Å². The molecule has 0 aliphatic heterocycles. The van der Waals surface area contributed by atoms with Crippen molar-refractivity contribution in [2.24, 2.45) is 0 Å². The van der Waals surface area contributed by atoms with Crippen LogP contribution in [0.3, 0.4) is 0 Å². The first kappa shape index (κ1) is 20.2.